The van der Waals surface area contributed by atoms with Crippen LogP contribution in [0.2, 0.25) is 5.02 Å². The zero-order valence-corrected chi connectivity index (χ0v) is 13.5. The minimum absolute atomic E-state index is 0.307. The lowest BCUT2D eigenvalue weighted by molar-refractivity contribution is -0.123. The molecule has 0 spiro atoms. The molecule has 2 aromatic carbocycles. The van der Waals surface area contributed by atoms with Gasteiger partial charge in [0.25, 0.3) is 5.91 Å². The Kier molecular flexibility index (Phi) is 5.60. The number of carbonyl (C=O) groups is 2. The van der Waals surface area contributed by atoms with Crippen LogP contribution in [0.4, 0.5) is 5.69 Å². The van der Waals surface area contributed by atoms with Crippen molar-refractivity contribution in [2.45, 2.75) is 13.0 Å². The number of esters is 1. The maximum absolute atomic E-state index is 12.1. The van der Waals surface area contributed by atoms with Crippen molar-refractivity contribution in [1.29, 1.82) is 0 Å². The van der Waals surface area contributed by atoms with Crippen molar-refractivity contribution < 1.29 is 19.1 Å². The van der Waals surface area contributed by atoms with Crippen LogP contribution in [-0.4, -0.2) is 25.1 Å². The second kappa shape index (κ2) is 7.65. The largest absolute Gasteiger partial charge is 0.497 e. The number of nitrogens with one attached hydrogen (secondary N) is 1. The highest BCUT2D eigenvalue weighted by molar-refractivity contribution is 6.33. The first kappa shape index (κ1) is 16.8. The fourth-order valence-electron chi connectivity index (χ4n) is 1.83. The average Bonchev–Trinajstić information content (AvgIpc) is 2.56. The van der Waals surface area contributed by atoms with Crippen LogP contribution in [0.3, 0.4) is 0 Å². The summed E-state index contributed by atoms with van der Waals surface area (Å²) in [6, 6.07) is 13.3. The highest BCUT2D eigenvalue weighted by Gasteiger charge is 2.20. The minimum Gasteiger partial charge on any atom is -0.497 e. The third kappa shape index (κ3) is 4.47. The van der Waals surface area contributed by atoms with Gasteiger partial charge in [-0.1, -0.05) is 29.8 Å². The highest BCUT2D eigenvalue weighted by atomic mass is 35.5. The highest BCUT2D eigenvalue weighted by Crippen LogP contribution is 2.21. The first-order chi connectivity index (χ1) is 11.0. The van der Waals surface area contributed by atoms with Crippen LogP contribution in [-0.2, 0) is 9.53 Å². The average molecular weight is 334 g/mol. The Morgan fingerprint density at radius 1 is 1.13 bits per heavy atom. The molecule has 120 valence electrons. The molecule has 1 atom stereocenters. The lowest BCUT2D eigenvalue weighted by Gasteiger charge is -2.14. The second-order valence-corrected chi connectivity index (χ2v) is 5.16. The molecule has 5 nitrogen and oxygen atoms in total. The number of hydrogen-bond acceptors (Lipinski definition) is 4. The van der Waals surface area contributed by atoms with E-state index in [4.69, 9.17) is 21.1 Å². The van der Waals surface area contributed by atoms with E-state index in [0.717, 1.165) is 0 Å². The van der Waals surface area contributed by atoms with Gasteiger partial charge in [-0.2, -0.15) is 0 Å². The van der Waals surface area contributed by atoms with E-state index < -0.39 is 18.0 Å². The van der Waals surface area contributed by atoms with Gasteiger partial charge < -0.3 is 14.8 Å². The summed E-state index contributed by atoms with van der Waals surface area (Å²) in [7, 11) is 1.50. The molecule has 0 aromatic heterocycles. The zero-order valence-electron chi connectivity index (χ0n) is 12.7. The number of hydrogen-bond donors (Lipinski definition) is 1. The lowest BCUT2D eigenvalue weighted by atomic mass is 10.2. The van der Waals surface area contributed by atoms with Crippen molar-refractivity contribution in [3.8, 4) is 5.75 Å². The van der Waals surface area contributed by atoms with Crippen molar-refractivity contribution in [2.75, 3.05) is 12.4 Å². The van der Waals surface area contributed by atoms with Crippen molar-refractivity contribution in [1.82, 2.24) is 0 Å². The van der Waals surface area contributed by atoms with Crippen LogP contribution in [0.25, 0.3) is 0 Å². The number of methoxy groups -OCH3 is 1. The van der Waals surface area contributed by atoms with Crippen molar-refractivity contribution in [3.63, 3.8) is 0 Å². The summed E-state index contributed by atoms with van der Waals surface area (Å²) in [6.45, 7) is 1.49. The third-order valence-corrected chi connectivity index (χ3v) is 3.42. The van der Waals surface area contributed by atoms with Gasteiger partial charge in [0.05, 0.1) is 23.4 Å². The van der Waals surface area contributed by atoms with Gasteiger partial charge in [-0.05, 0) is 37.3 Å². The first-order valence-electron chi connectivity index (χ1n) is 6.91. The minimum atomic E-state index is -0.968. The molecule has 0 aliphatic rings. The zero-order chi connectivity index (χ0) is 16.8. The summed E-state index contributed by atoms with van der Waals surface area (Å²) in [6.07, 6.45) is -0.968. The molecule has 0 heterocycles. The van der Waals surface area contributed by atoms with E-state index in [-0.39, 0.29) is 0 Å². The van der Waals surface area contributed by atoms with Gasteiger partial charge in [-0.3, -0.25) is 4.79 Å². The van der Waals surface area contributed by atoms with Crippen LogP contribution < -0.4 is 10.1 Å². The standard InChI is InChI=1S/C17H16ClNO4/c1-11(16(20)19-15-9-4-3-8-14(15)18)23-17(21)12-6-5-7-13(10-12)22-2/h3-11H,1-2H3,(H,19,20). The molecule has 1 unspecified atom stereocenters. The molecule has 0 bridgehead atoms. The van der Waals surface area contributed by atoms with Gasteiger partial charge >= 0.3 is 5.97 Å². The summed E-state index contributed by atoms with van der Waals surface area (Å²) < 4.78 is 10.2. The van der Waals surface area contributed by atoms with Crippen molar-refractivity contribution in [3.05, 3.63) is 59.1 Å². The summed E-state index contributed by atoms with van der Waals surface area (Å²) >= 11 is 5.97. The van der Waals surface area contributed by atoms with Gasteiger partial charge in [0.2, 0.25) is 0 Å². The molecule has 23 heavy (non-hydrogen) atoms. The monoisotopic (exact) mass is 333 g/mol. The number of ether oxygens (including phenoxy) is 2. The predicted molar refractivity (Wildman–Crippen MR) is 88.0 cm³/mol. The van der Waals surface area contributed by atoms with E-state index in [2.05, 4.69) is 5.32 Å². The molecule has 6 heteroatoms. The van der Waals surface area contributed by atoms with E-state index in [9.17, 15) is 9.59 Å². The van der Waals surface area contributed by atoms with Crippen LogP contribution in [0.5, 0.6) is 5.75 Å². The maximum Gasteiger partial charge on any atom is 0.339 e. The quantitative estimate of drug-likeness (QED) is 0.850. The Balaban J connectivity index is 2.00. The summed E-state index contributed by atoms with van der Waals surface area (Å²) in [5.41, 5.74) is 0.769. The molecular formula is C17H16ClNO4. The van der Waals surface area contributed by atoms with Gasteiger partial charge in [-0.25, -0.2) is 4.79 Å². The molecular weight excluding hydrogens is 318 g/mol. The van der Waals surface area contributed by atoms with Crippen LogP contribution in [0.1, 0.15) is 17.3 Å². The predicted octanol–water partition coefficient (Wildman–Crippen LogP) is 3.53. The van der Waals surface area contributed by atoms with E-state index in [1.54, 1.807) is 48.5 Å². The Labute approximate surface area is 139 Å². The smallest absolute Gasteiger partial charge is 0.339 e. The normalized spacial score (nSPS) is 11.4. The van der Waals surface area contributed by atoms with Gasteiger partial charge in [0.1, 0.15) is 5.75 Å². The topological polar surface area (TPSA) is 64.6 Å². The molecule has 0 fully saturated rings. The molecule has 0 saturated carbocycles. The molecule has 2 aromatic rings. The third-order valence-electron chi connectivity index (χ3n) is 3.09. The Hall–Kier alpha value is -2.53. The van der Waals surface area contributed by atoms with E-state index in [1.165, 1.54) is 14.0 Å². The number of carbonyl (C=O) groups excluding carboxylic acids is 2. The summed E-state index contributed by atoms with van der Waals surface area (Å²) in [4.78, 5) is 24.1. The lowest BCUT2D eigenvalue weighted by Crippen LogP contribution is -2.30. The Bertz CT molecular complexity index is 717. The first-order valence-corrected chi connectivity index (χ1v) is 7.29. The molecule has 0 radical (unpaired) electrons. The van der Waals surface area contributed by atoms with Gasteiger partial charge in [0, 0.05) is 0 Å². The molecule has 1 N–H and O–H groups in total. The van der Waals surface area contributed by atoms with E-state index >= 15 is 0 Å². The van der Waals surface area contributed by atoms with E-state index in [1.807, 2.05) is 0 Å². The fourth-order valence-corrected chi connectivity index (χ4v) is 2.01. The summed E-state index contributed by atoms with van der Waals surface area (Å²) in [5, 5.41) is 3.03. The number of para-hydroxylation sites is 1. The van der Waals surface area contributed by atoms with Crippen LogP contribution >= 0.6 is 11.6 Å². The van der Waals surface area contributed by atoms with Crippen LogP contribution in [0, 0.1) is 0 Å². The molecule has 1 amide bonds. The number of rotatable bonds is 5. The number of anilines is 1. The molecule has 0 saturated heterocycles. The Morgan fingerprint density at radius 2 is 1.87 bits per heavy atom. The fraction of sp³-hybridized carbons (Fsp3) is 0.176. The van der Waals surface area contributed by atoms with Gasteiger partial charge in [0.15, 0.2) is 6.10 Å². The maximum atomic E-state index is 12.1. The molecule has 2 rings (SSSR count). The summed E-state index contributed by atoms with van der Waals surface area (Å²) in [5.74, 6) is -0.535. The van der Waals surface area contributed by atoms with Gasteiger partial charge in [-0.15, -0.1) is 0 Å². The number of halogens is 1. The second-order valence-electron chi connectivity index (χ2n) is 4.75. The van der Waals surface area contributed by atoms with Crippen molar-refractivity contribution in [2.24, 2.45) is 0 Å². The SMILES string of the molecule is COc1cccc(C(=O)OC(C)C(=O)Nc2ccccc2Cl)c1. The van der Waals surface area contributed by atoms with E-state index in [0.29, 0.717) is 22.0 Å². The molecule has 0 aliphatic carbocycles. The number of benzene rings is 2. The number of amides is 1. The molecule has 0 aliphatic heterocycles. The van der Waals surface area contributed by atoms with Crippen molar-refractivity contribution >= 4 is 29.2 Å². The Morgan fingerprint density at radius 3 is 2.57 bits per heavy atom. The van der Waals surface area contributed by atoms with Crippen LogP contribution in [0.15, 0.2) is 48.5 Å².